The molecule has 1 aliphatic rings. The molecule has 1 saturated heterocycles. The first kappa shape index (κ1) is 31.5. The number of likely N-dealkylation sites (tertiary alicyclic amines) is 1. The maximum Gasteiger partial charge on any atom is 0.349 e. The zero-order valence-corrected chi connectivity index (χ0v) is 25.2. The summed E-state index contributed by atoms with van der Waals surface area (Å²) in [5.74, 6) is -1.77. The Morgan fingerprint density at radius 3 is 2.63 bits per heavy atom. The minimum atomic E-state index is -0.935. The number of benzene rings is 1. The van der Waals surface area contributed by atoms with E-state index in [1.165, 1.54) is 11.0 Å². The Hall–Kier alpha value is -4.39. The number of para-hydroxylation sites is 1. The molecule has 3 amide bonds. The van der Waals surface area contributed by atoms with Gasteiger partial charge in [0.05, 0.1) is 18.2 Å². The van der Waals surface area contributed by atoms with Gasteiger partial charge in [-0.2, -0.15) is 5.21 Å². The number of rotatable bonds is 10. The van der Waals surface area contributed by atoms with Crippen LogP contribution in [0.15, 0.2) is 47.5 Å². The van der Waals surface area contributed by atoms with Crippen molar-refractivity contribution in [2.24, 2.45) is 5.41 Å². The number of nitrogens with zero attached hydrogens (tertiary/aromatic N) is 5. The van der Waals surface area contributed by atoms with Crippen molar-refractivity contribution in [1.82, 2.24) is 41.1 Å². The number of carbonyl (C=O) groups excluding carboxylic acids is 4. The summed E-state index contributed by atoms with van der Waals surface area (Å²) in [6, 6.07) is 8.32. The SMILES string of the molecule is CCOC(=O)C(Cl)=C[C@H](Cc1nn[nH]n1)NC(=O)[C@H]1CCCN1C(=O)[C@@H](NC(=O)c1ccc2ccccc2n1)C(C)(C)C. The van der Waals surface area contributed by atoms with E-state index in [2.05, 4.69) is 36.2 Å². The number of esters is 1. The van der Waals surface area contributed by atoms with Crippen molar-refractivity contribution in [1.29, 1.82) is 0 Å². The monoisotopic (exact) mass is 610 g/mol. The van der Waals surface area contributed by atoms with E-state index in [4.69, 9.17) is 16.3 Å². The molecule has 3 N–H and O–H groups in total. The van der Waals surface area contributed by atoms with E-state index >= 15 is 0 Å². The normalized spacial score (nSPS) is 16.9. The molecule has 43 heavy (non-hydrogen) atoms. The number of carbonyl (C=O) groups is 4. The van der Waals surface area contributed by atoms with E-state index in [1.807, 2.05) is 45.0 Å². The summed E-state index contributed by atoms with van der Waals surface area (Å²) in [5, 5.41) is 20.1. The summed E-state index contributed by atoms with van der Waals surface area (Å²) in [4.78, 5) is 58.8. The maximum atomic E-state index is 14.0. The van der Waals surface area contributed by atoms with E-state index < -0.39 is 41.3 Å². The van der Waals surface area contributed by atoms with Crippen LogP contribution in [0.3, 0.4) is 0 Å². The smallest absolute Gasteiger partial charge is 0.349 e. The van der Waals surface area contributed by atoms with Crippen LogP contribution in [0, 0.1) is 5.41 Å². The van der Waals surface area contributed by atoms with Crippen molar-refractivity contribution in [2.45, 2.75) is 65.1 Å². The first-order valence-electron chi connectivity index (χ1n) is 14.0. The van der Waals surface area contributed by atoms with E-state index in [0.717, 1.165) is 5.39 Å². The molecule has 0 aliphatic carbocycles. The van der Waals surface area contributed by atoms with Gasteiger partial charge >= 0.3 is 5.97 Å². The number of pyridine rings is 1. The van der Waals surface area contributed by atoms with Gasteiger partial charge in [0.25, 0.3) is 5.91 Å². The fraction of sp³-hybridized carbons (Fsp3) is 0.448. The van der Waals surface area contributed by atoms with E-state index in [-0.39, 0.29) is 35.5 Å². The van der Waals surface area contributed by atoms with E-state index in [1.54, 1.807) is 19.1 Å². The van der Waals surface area contributed by atoms with Crippen LogP contribution < -0.4 is 10.6 Å². The molecule has 3 atom stereocenters. The summed E-state index contributed by atoms with van der Waals surface area (Å²) in [5.41, 5.74) is 0.174. The van der Waals surface area contributed by atoms with E-state index in [9.17, 15) is 19.2 Å². The maximum absolute atomic E-state index is 14.0. The highest BCUT2D eigenvalue weighted by molar-refractivity contribution is 6.41. The second-order valence-electron chi connectivity index (χ2n) is 11.2. The molecule has 1 fully saturated rings. The van der Waals surface area contributed by atoms with Gasteiger partial charge in [0.2, 0.25) is 11.8 Å². The molecule has 1 aliphatic heterocycles. The zero-order valence-electron chi connectivity index (χ0n) is 24.5. The van der Waals surface area contributed by atoms with Crippen molar-refractivity contribution in [3.05, 3.63) is 59.0 Å². The molecular formula is C29H35ClN8O5. The Morgan fingerprint density at radius 2 is 1.93 bits per heavy atom. The molecule has 3 aromatic rings. The Bertz CT molecular complexity index is 1500. The molecular weight excluding hydrogens is 576 g/mol. The molecule has 1 aromatic carbocycles. The van der Waals surface area contributed by atoms with Gasteiger partial charge < -0.3 is 20.3 Å². The quantitative estimate of drug-likeness (QED) is 0.230. The van der Waals surface area contributed by atoms with Crippen LogP contribution in [0.25, 0.3) is 10.9 Å². The third-order valence-electron chi connectivity index (χ3n) is 7.00. The molecule has 3 heterocycles. The molecule has 0 bridgehead atoms. The average molecular weight is 611 g/mol. The molecule has 14 heteroatoms. The number of aromatic amines is 1. The molecule has 0 radical (unpaired) electrons. The third kappa shape index (κ3) is 7.92. The number of hydrogen-bond donors (Lipinski definition) is 3. The number of aromatic nitrogens is 5. The topological polar surface area (TPSA) is 172 Å². The first-order valence-corrected chi connectivity index (χ1v) is 14.4. The number of fused-ring (bicyclic) bond motifs is 1. The van der Waals surface area contributed by atoms with Gasteiger partial charge in [-0.15, -0.1) is 10.2 Å². The number of H-pyrrole nitrogens is 1. The van der Waals surface area contributed by atoms with Crippen LogP contribution in [0.4, 0.5) is 0 Å². The highest BCUT2D eigenvalue weighted by Crippen LogP contribution is 2.26. The second-order valence-corrected chi connectivity index (χ2v) is 11.6. The number of halogens is 1. The Morgan fingerprint density at radius 1 is 1.16 bits per heavy atom. The second kappa shape index (κ2) is 13.7. The van der Waals surface area contributed by atoms with Crippen molar-refractivity contribution >= 4 is 46.2 Å². The molecule has 0 saturated carbocycles. The number of amides is 3. The van der Waals surface area contributed by atoms with Gasteiger partial charge in [-0.1, -0.05) is 61.9 Å². The number of nitrogens with one attached hydrogen (secondary N) is 3. The summed E-state index contributed by atoms with van der Waals surface area (Å²) >= 11 is 6.15. The first-order chi connectivity index (χ1) is 20.5. The van der Waals surface area contributed by atoms with Crippen LogP contribution >= 0.6 is 11.6 Å². The fourth-order valence-corrected chi connectivity index (χ4v) is 5.06. The summed E-state index contributed by atoms with van der Waals surface area (Å²) in [6.07, 6.45) is 2.44. The lowest BCUT2D eigenvalue weighted by molar-refractivity contribution is -0.142. The molecule has 0 unspecified atom stereocenters. The third-order valence-corrected chi connectivity index (χ3v) is 7.28. The lowest BCUT2D eigenvalue weighted by Crippen LogP contribution is -2.58. The van der Waals surface area contributed by atoms with Gasteiger partial charge in [-0.05, 0) is 43.4 Å². The van der Waals surface area contributed by atoms with Gasteiger partial charge in [-0.3, -0.25) is 14.4 Å². The largest absolute Gasteiger partial charge is 0.462 e. The van der Waals surface area contributed by atoms with Crippen molar-refractivity contribution in [3.63, 3.8) is 0 Å². The van der Waals surface area contributed by atoms with Crippen molar-refractivity contribution in [2.75, 3.05) is 13.2 Å². The Kier molecular flexibility index (Phi) is 10.1. The van der Waals surface area contributed by atoms with Crippen LogP contribution in [-0.2, 0) is 25.5 Å². The van der Waals surface area contributed by atoms with E-state index in [0.29, 0.717) is 24.9 Å². The zero-order chi connectivity index (χ0) is 31.1. The standard InChI is InChI=1S/C29H35ClN8O5/c1-5-43-28(42)19(30)15-18(16-23-34-36-37-35-23)31-26(40)22-11-8-14-38(22)27(41)24(29(2,3)4)33-25(39)21-13-12-17-9-6-7-10-20(17)32-21/h6-7,9-10,12-13,15,18,22,24H,5,8,11,14,16H2,1-4H3,(H,31,40)(H,33,39)(H,34,35,36,37)/t18-,22-,24-/m1/s1. The minimum Gasteiger partial charge on any atom is -0.462 e. The van der Waals surface area contributed by atoms with Crippen molar-refractivity contribution in [3.8, 4) is 0 Å². The van der Waals surface area contributed by atoms with Gasteiger partial charge in [0, 0.05) is 18.4 Å². The fourth-order valence-electron chi connectivity index (χ4n) is 4.86. The summed E-state index contributed by atoms with van der Waals surface area (Å²) < 4.78 is 4.94. The van der Waals surface area contributed by atoms with Crippen LogP contribution in [0.5, 0.6) is 0 Å². The highest BCUT2D eigenvalue weighted by Gasteiger charge is 2.42. The molecule has 2 aromatic heterocycles. The lowest BCUT2D eigenvalue weighted by Gasteiger charge is -2.35. The number of tetrazole rings is 1. The van der Waals surface area contributed by atoms with Gasteiger partial charge in [0.15, 0.2) is 5.82 Å². The van der Waals surface area contributed by atoms with Crippen LogP contribution in [-0.4, -0.2) is 85.5 Å². The number of ether oxygens (including phenoxy) is 1. The Balaban J connectivity index is 1.51. The van der Waals surface area contributed by atoms with Crippen LogP contribution in [0.1, 0.15) is 56.8 Å². The lowest BCUT2D eigenvalue weighted by atomic mass is 9.85. The molecule has 13 nitrogen and oxygen atoms in total. The number of hydrogen-bond acceptors (Lipinski definition) is 9. The summed E-state index contributed by atoms with van der Waals surface area (Å²) in [7, 11) is 0. The van der Waals surface area contributed by atoms with Crippen LogP contribution in [0.2, 0.25) is 0 Å². The van der Waals surface area contributed by atoms with Gasteiger partial charge in [-0.25, -0.2) is 9.78 Å². The molecule has 228 valence electrons. The average Bonchev–Trinajstić information content (AvgIpc) is 3.67. The van der Waals surface area contributed by atoms with Gasteiger partial charge in [0.1, 0.15) is 22.8 Å². The van der Waals surface area contributed by atoms with Crippen molar-refractivity contribution < 1.29 is 23.9 Å². The highest BCUT2D eigenvalue weighted by atomic mass is 35.5. The Labute approximate surface area is 253 Å². The molecule has 4 rings (SSSR count). The molecule has 0 spiro atoms. The minimum absolute atomic E-state index is 0.0813. The predicted molar refractivity (Wildman–Crippen MR) is 158 cm³/mol. The summed E-state index contributed by atoms with van der Waals surface area (Å²) in [6.45, 7) is 7.65. The predicted octanol–water partition coefficient (Wildman–Crippen LogP) is 2.30.